The second-order valence-electron chi connectivity index (χ2n) is 3.23. The first-order valence-corrected chi connectivity index (χ1v) is 4.26. The van der Waals surface area contributed by atoms with E-state index in [1.54, 1.807) is 0 Å². The SMILES string of the molecule is Nc1nonc1-c1noc(C2CC2)n1. The Kier molecular flexibility index (Phi) is 1.35. The van der Waals surface area contributed by atoms with Gasteiger partial charge in [-0.25, -0.2) is 4.63 Å². The van der Waals surface area contributed by atoms with Crippen molar-refractivity contribution in [1.82, 2.24) is 20.5 Å². The Hall–Kier alpha value is -1.92. The van der Waals surface area contributed by atoms with Gasteiger partial charge in [-0.3, -0.25) is 0 Å². The highest BCUT2D eigenvalue weighted by Crippen LogP contribution is 2.39. The first kappa shape index (κ1) is 7.48. The lowest BCUT2D eigenvalue weighted by Gasteiger charge is -1.83. The maximum Gasteiger partial charge on any atom is 0.230 e. The number of nitrogen functional groups attached to an aromatic ring is 1. The molecule has 0 spiro atoms. The van der Waals surface area contributed by atoms with Crippen molar-refractivity contribution in [2.75, 3.05) is 5.73 Å². The van der Waals surface area contributed by atoms with Gasteiger partial charge in [-0.05, 0) is 23.2 Å². The summed E-state index contributed by atoms with van der Waals surface area (Å²) in [6.45, 7) is 0. The lowest BCUT2D eigenvalue weighted by molar-refractivity contribution is 0.310. The zero-order valence-corrected chi connectivity index (χ0v) is 7.17. The monoisotopic (exact) mass is 193 g/mol. The number of nitrogens with zero attached hydrogens (tertiary/aromatic N) is 4. The molecule has 2 aromatic heterocycles. The molecule has 7 nitrogen and oxygen atoms in total. The zero-order chi connectivity index (χ0) is 9.54. The molecule has 2 N–H and O–H groups in total. The Morgan fingerprint density at radius 1 is 1.21 bits per heavy atom. The number of rotatable bonds is 2. The third kappa shape index (κ3) is 1.05. The van der Waals surface area contributed by atoms with E-state index in [4.69, 9.17) is 10.3 Å². The van der Waals surface area contributed by atoms with Gasteiger partial charge in [0.25, 0.3) is 0 Å². The van der Waals surface area contributed by atoms with Gasteiger partial charge in [-0.2, -0.15) is 4.98 Å². The molecule has 0 aromatic carbocycles. The largest absolute Gasteiger partial charge is 0.379 e. The van der Waals surface area contributed by atoms with Crippen LogP contribution >= 0.6 is 0 Å². The van der Waals surface area contributed by atoms with Crippen LogP contribution in [0, 0.1) is 0 Å². The molecule has 1 saturated carbocycles. The lowest BCUT2D eigenvalue weighted by Crippen LogP contribution is -1.90. The van der Waals surface area contributed by atoms with Crippen LogP contribution in [-0.2, 0) is 0 Å². The predicted octanol–water partition coefficient (Wildman–Crippen LogP) is 0.579. The first-order chi connectivity index (χ1) is 6.84. The summed E-state index contributed by atoms with van der Waals surface area (Å²) in [6, 6.07) is 0. The van der Waals surface area contributed by atoms with Gasteiger partial charge >= 0.3 is 0 Å². The minimum absolute atomic E-state index is 0.174. The Bertz CT molecular complexity index is 458. The van der Waals surface area contributed by atoms with Crippen molar-refractivity contribution in [3.8, 4) is 11.5 Å². The molecule has 0 aliphatic heterocycles. The molecule has 14 heavy (non-hydrogen) atoms. The van der Waals surface area contributed by atoms with Gasteiger partial charge in [-0.1, -0.05) is 5.16 Å². The second-order valence-corrected chi connectivity index (χ2v) is 3.23. The average Bonchev–Trinajstić information content (AvgIpc) is 2.75. The van der Waals surface area contributed by atoms with Gasteiger partial charge in [0, 0.05) is 5.92 Å². The normalized spacial score (nSPS) is 16.0. The van der Waals surface area contributed by atoms with Crippen LogP contribution in [0.25, 0.3) is 11.5 Å². The van der Waals surface area contributed by atoms with Gasteiger partial charge < -0.3 is 10.3 Å². The molecule has 0 saturated heterocycles. The number of anilines is 1. The topological polar surface area (TPSA) is 104 Å². The molecule has 1 fully saturated rings. The van der Waals surface area contributed by atoms with Gasteiger partial charge in [0.1, 0.15) is 0 Å². The quantitative estimate of drug-likeness (QED) is 0.743. The van der Waals surface area contributed by atoms with Crippen molar-refractivity contribution in [3.63, 3.8) is 0 Å². The van der Waals surface area contributed by atoms with E-state index in [1.165, 1.54) is 0 Å². The summed E-state index contributed by atoms with van der Waals surface area (Å²) in [5.41, 5.74) is 5.82. The van der Waals surface area contributed by atoms with Crippen molar-refractivity contribution in [3.05, 3.63) is 5.89 Å². The molecule has 0 amide bonds. The second kappa shape index (κ2) is 2.53. The Morgan fingerprint density at radius 3 is 2.71 bits per heavy atom. The summed E-state index contributed by atoms with van der Waals surface area (Å²) in [7, 11) is 0. The molecule has 72 valence electrons. The average molecular weight is 193 g/mol. The van der Waals surface area contributed by atoms with E-state index in [0.29, 0.717) is 23.3 Å². The smallest absolute Gasteiger partial charge is 0.230 e. The Morgan fingerprint density at radius 2 is 2.07 bits per heavy atom. The van der Waals surface area contributed by atoms with Crippen LogP contribution in [0.4, 0.5) is 5.82 Å². The molecule has 0 unspecified atom stereocenters. The van der Waals surface area contributed by atoms with Crippen LogP contribution in [-0.4, -0.2) is 20.5 Å². The highest BCUT2D eigenvalue weighted by atomic mass is 16.6. The van der Waals surface area contributed by atoms with Crippen LogP contribution in [0.1, 0.15) is 24.7 Å². The van der Waals surface area contributed by atoms with Crippen LogP contribution in [0.15, 0.2) is 9.15 Å². The minimum atomic E-state index is 0.174. The minimum Gasteiger partial charge on any atom is -0.379 e. The van der Waals surface area contributed by atoms with Crippen LogP contribution in [0.2, 0.25) is 0 Å². The van der Waals surface area contributed by atoms with E-state index >= 15 is 0 Å². The van der Waals surface area contributed by atoms with Gasteiger partial charge in [0.15, 0.2) is 11.5 Å². The standard InChI is InChI=1S/C7H7N5O2/c8-5-4(10-14-11-5)6-9-7(13-12-6)3-1-2-3/h3H,1-2H2,(H2,8,11). The summed E-state index contributed by atoms with van der Waals surface area (Å²) < 4.78 is 9.48. The van der Waals surface area contributed by atoms with E-state index in [1.807, 2.05) is 0 Å². The van der Waals surface area contributed by atoms with Crippen LogP contribution < -0.4 is 5.73 Å². The van der Waals surface area contributed by atoms with Crippen LogP contribution in [0.5, 0.6) is 0 Å². The number of hydrogen-bond donors (Lipinski definition) is 1. The molecular weight excluding hydrogens is 186 g/mol. The van der Waals surface area contributed by atoms with Crippen molar-refractivity contribution in [2.24, 2.45) is 0 Å². The highest BCUT2D eigenvalue weighted by molar-refractivity contribution is 5.61. The lowest BCUT2D eigenvalue weighted by atomic mass is 10.4. The molecule has 1 aliphatic rings. The summed E-state index contributed by atoms with van der Waals surface area (Å²) in [5.74, 6) is 1.57. The van der Waals surface area contributed by atoms with E-state index in [0.717, 1.165) is 12.8 Å². The Labute approximate surface area is 78.2 Å². The first-order valence-electron chi connectivity index (χ1n) is 4.26. The fraction of sp³-hybridized carbons (Fsp3) is 0.429. The fourth-order valence-corrected chi connectivity index (χ4v) is 1.18. The van der Waals surface area contributed by atoms with Crippen molar-refractivity contribution in [1.29, 1.82) is 0 Å². The molecule has 0 radical (unpaired) electrons. The zero-order valence-electron chi connectivity index (χ0n) is 7.17. The van der Waals surface area contributed by atoms with Crippen molar-refractivity contribution >= 4 is 5.82 Å². The van der Waals surface area contributed by atoms with E-state index in [-0.39, 0.29) is 5.82 Å². The molecular formula is C7H7N5O2. The molecule has 3 rings (SSSR count). The number of aromatic nitrogens is 4. The molecule has 0 bridgehead atoms. The van der Waals surface area contributed by atoms with Gasteiger partial charge in [0.2, 0.25) is 11.7 Å². The molecule has 1 aliphatic carbocycles. The third-order valence-corrected chi connectivity index (χ3v) is 2.09. The molecule has 0 atom stereocenters. The summed E-state index contributed by atoms with van der Waals surface area (Å²) in [6.07, 6.45) is 2.21. The molecule has 7 heteroatoms. The Balaban J connectivity index is 1.99. The van der Waals surface area contributed by atoms with E-state index in [2.05, 4.69) is 25.1 Å². The highest BCUT2D eigenvalue weighted by Gasteiger charge is 2.30. The maximum atomic E-state index is 5.48. The fourth-order valence-electron chi connectivity index (χ4n) is 1.18. The van der Waals surface area contributed by atoms with Gasteiger partial charge in [0.05, 0.1) is 0 Å². The predicted molar refractivity (Wildman–Crippen MR) is 44.0 cm³/mol. The molecule has 2 heterocycles. The van der Waals surface area contributed by atoms with E-state index in [9.17, 15) is 0 Å². The van der Waals surface area contributed by atoms with Crippen molar-refractivity contribution in [2.45, 2.75) is 18.8 Å². The summed E-state index contributed by atoms with van der Waals surface area (Å²) >= 11 is 0. The van der Waals surface area contributed by atoms with Gasteiger partial charge in [-0.15, -0.1) is 0 Å². The third-order valence-electron chi connectivity index (χ3n) is 2.09. The molecule has 2 aromatic rings. The summed E-state index contributed by atoms with van der Waals surface area (Å²) in [4.78, 5) is 4.16. The van der Waals surface area contributed by atoms with Crippen molar-refractivity contribution < 1.29 is 9.15 Å². The number of nitrogens with two attached hydrogens (primary N) is 1. The van der Waals surface area contributed by atoms with E-state index < -0.39 is 0 Å². The number of hydrogen-bond acceptors (Lipinski definition) is 7. The maximum absolute atomic E-state index is 5.48. The summed E-state index contributed by atoms with van der Waals surface area (Å²) in [5, 5.41) is 10.8. The van der Waals surface area contributed by atoms with Crippen LogP contribution in [0.3, 0.4) is 0 Å².